The Morgan fingerprint density at radius 3 is 2.39 bits per heavy atom. The fourth-order valence-corrected chi connectivity index (χ4v) is 1.13. The molecule has 0 aliphatic carbocycles. The largest absolute Gasteiger partial charge is 0.480 e. The number of aliphatic carboxylic acids is 1. The molecule has 0 heterocycles. The molecule has 1 unspecified atom stereocenters. The van der Waals surface area contributed by atoms with Gasteiger partial charge in [0.1, 0.15) is 12.6 Å². The minimum Gasteiger partial charge on any atom is -0.480 e. The first-order valence-corrected chi connectivity index (χ1v) is 5.26. The summed E-state index contributed by atoms with van der Waals surface area (Å²) in [5, 5.41) is 11.0. The summed E-state index contributed by atoms with van der Waals surface area (Å²) >= 11 is 0. The number of carboxylic acids is 1. The van der Waals surface area contributed by atoms with Gasteiger partial charge >= 0.3 is 18.0 Å². The Bertz CT molecular complexity index is 307. The van der Waals surface area contributed by atoms with Gasteiger partial charge in [0.15, 0.2) is 0 Å². The van der Waals surface area contributed by atoms with Crippen molar-refractivity contribution in [2.45, 2.75) is 13.0 Å². The summed E-state index contributed by atoms with van der Waals surface area (Å²) in [5.74, 6) is -1.75. The molecule has 0 aromatic heterocycles. The first-order valence-electron chi connectivity index (χ1n) is 5.26. The van der Waals surface area contributed by atoms with Gasteiger partial charge in [0.25, 0.3) is 0 Å². The smallest absolute Gasteiger partial charge is 0.328 e. The lowest BCUT2D eigenvalue weighted by atomic mass is 10.3. The van der Waals surface area contributed by atoms with Gasteiger partial charge < -0.3 is 24.8 Å². The molecule has 18 heavy (non-hydrogen) atoms. The van der Waals surface area contributed by atoms with Crippen molar-refractivity contribution in [1.82, 2.24) is 10.2 Å². The monoisotopic (exact) mass is 262 g/mol. The number of amides is 2. The first-order chi connectivity index (χ1) is 8.42. The van der Waals surface area contributed by atoms with Gasteiger partial charge in [0.2, 0.25) is 0 Å². The number of hydrogen-bond acceptors (Lipinski definition) is 5. The molecule has 0 rings (SSSR count). The number of rotatable bonds is 7. The van der Waals surface area contributed by atoms with E-state index in [2.05, 4.69) is 10.1 Å². The molecule has 0 aromatic carbocycles. The summed E-state index contributed by atoms with van der Waals surface area (Å²) in [6.45, 7) is 1.29. The predicted molar refractivity (Wildman–Crippen MR) is 61.1 cm³/mol. The highest BCUT2D eigenvalue weighted by atomic mass is 16.5. The van der Waals surface area contributed by atoms with Gasteiger partial charge in [-0.25, -0.2) is 9.59 Å². The van der Waals surface area contributed by atoms with Crippen molar-refractivity contribution in [2.24, 2.45) is 0 Å². The third-order valence-electron chi connectivity index (χ3n) is 2.07. The molecule has 2 N–H and O–H groups in total. The van der Waals surface area contributed by atoms with Gasteiger partial charge in [-0.1, -0.05) is 0 Å². The second-order valence-corrected chi connectivity index (χ2v) is 3.50. The van der Waals surface area contributed by atoms with E-state index in [1.165, 1.54) is 21.1 Å². The highest BCUT2D eigenvalue weighted by Gasteiger charge is 2.21. The lowest BCUT2D eigenvalue weighted by molar-refractivity contribution is -0.142. The molecule has 0 fully saturated rings. The van der Waals surface area contributed by atoms with Crippen molar-refractivity contribution >= 4 is 18.0 Å². The second-order valence-electron chi connectivity index (χ2n) is 3.50. The van der Waals surface area contributed by atoms with E-state index < -0.39 is 30.6 Å². The molecule has 0 aliphatic rings. The number of nitrogens with one attached hydrogen (secondary N) is 1. The summed E-state index contributed by atoms with van der Waals surface area (Å²) in [6.07, 6.45) is 0. The van der Waals surface area contributed by atoms with E-state index in [1.807, 2.05) is 0 Å². The van der Waals surface area contributed by atoms with Crippen molar-refractivity contribution in [2.75, 3.05) is 33.9 Å². The minimum absolute atomic E-state index is 0.114. The molecule has 8 nitrogen and oxygen atoms in total. The fourth-order valence-electron chi connectivity index (χ4n) is 1.13. The van der Waals surface area contributed by atoms with Crippen LogP contribution in [0.5, 0.6) is 0 Å². The summed E-state index contributed by atoms with van der Waals surface area (Å²) in [7, 11) is 2.64. The zero-order valence-corrected chi connectivity index (χ0v) is 10.6. The standard InChI is InChI=1S/C10H18N2O6/c1-7(9(15)18-3)11-10(16)12(4-5-17-2)6-8(13)14/h7H,4-6H2,1-3H3,(H,11,16)(H,13,14). The van der Waals surface area contributed by atoms with Crippen molar-refractivity contribution in [3.05, 3.63) is 0 Å². The third-order valence-corrected chi connectivity index (χ3v) is 2.07. The maximum absolute atomic E-state index is 11.7. The molecule has 0 saturated carbocycles. The average molecular weight is 262 g/mol. The summed E-state index contributed by atoms with van der Waals surface area (Å²) in [4.78, 5) is 34.4. The highest BCUT2D eigenvalue weighted by Crippen LogP contribution is 1.94. The zero-order chi connectivity index (χ0) is 14.1. The van der Waals surface area contributed by atoms with Crippen molar-refractivity contribution in [3.63, 3.8) is 0 Å². The lowest BCUT2D eigenvalue weighted by Crippen LogP contribution is -2.49. The molecule has 0 bridgehead atoms. The molecular formula is C10H18N2O6. The van der Waals surface area contributed by atoms with Crippen molar-refractivity contribution in [1.29, 1.82) is 0 Å². The summed E-state index contributed by atoms with van der Waals surface area (Å²) < 4.78 is 9.21. The number of methoxy groups -OCH3 is 2. The molecule has 0 aliphatic heterocycles. The van der Waals surface area contributed by atoms with Crippen LogP contribution >= 0.6 is 0 Å². The predicted octanol–water partition coefficient (Wildman–Crippen LogP) is -0.709. The molecule has 104 valence electrons. The van der Waals surface area contributed by atoms with Crippen molar-refractivity contribution in [3.8, 4) is 0 Å². The van der Waals surface area contributed by atoms with Gasteiger partial charge in [-0.3, -0.25) is 4.79 Å². The third kappa shape index (κ3) is 6.04. The molecule has 8 heteroatoms. The van der Waals surface area contributed by atoms with Crippen LogP contribution in [0.15, 0.2) is 0 Å². The molecule has 0 aromatic rings. The molecule has 0 spiro atoms. The Kier molecular flexibility index (Phi) is 7.45. The van der Waals surface area contributed by atoms with Gasteiger partial charge in [-0.15, -0.1) is 0 Å². The Balaban J connectivity index is 4.44. The van der Waals surface area contributed by atoms with Crippen LogP contribution in [0.3, 0.4) is 0 Å². The summed E-state index contributed by atoms with van der Waals surface area (Å²) in [5.41, 5.74) is 0. The van der Waals surface area contributed by atoms with E-state index in [9.17, 15) is 14.4 Å². The Morgan fingerprint density at radius 1 is 1.33 bits per heavy atom. The van der Waals surface area contributed by atoms with Crippen LogP contribution in [0, 0.1) is 0 Å². The van der Waals surface area contributed by atoms with Crippen LogP contribution in [-0.4, -0.2) is 67.9 Å². The topological polar surface area (TPSA) is 105 Å². The molecular weight excluding hydrogens is 244 g/mol. The number of hydrogen-bond donors (Lipinski definition) is 2. The maximum atomic E-state index is 11.7. The number of ether oxygens (including phenoxy) is 2. The van der Waals surface area contributed by atoms with Gasteiger partial charge in [-0.05, 0) is 6.92 Å². The zero-order valence-electron chi connectivity index (χ0n) is 10.6. The fraction of sp³-hybridized carbons (Fsp3) is 0.700. The van der Waals surface area contributed by atoms with E-state index in [1.54, 1.807) is 0 Å². The maximum Gasteiger partial charge on any atom is 0.328 e. The van der Waals surface area contributed by atoms with Crippen LogP contribution in [0.25, 0.3) is 0 Å². The van der Waals surface area contributed by atoms with E-state index in [-0.39, 0.29) is 13.2 Å². The lowest BCUT2D eigenvalue weighted by Gasteiger charge is -2.22. The second kappa shape index (κ2) is 8.29. The minimum atomic E-state index is -1.15. The van der Waals surface area contributed by atoms with Crippen LogP contribution in [0.4, 0.5) is 4.79 Å². The SMILES string of the molecule is COCCN(CC(=O)O)C(=O)NC(C)C(=O)OC. The number of carbonyl (C=O) groups is 3. The van der Waals surface area contributed by atoms with E-state index in [0.29, 0.717) is 0 Å². The van der Waals surface area contributed by atoms with Crippen LogP contribution in [-0.2, 0) is 19.1 Å². The Labute approximate surface area is 105 Å². The molecule has 2 amide bonds. The van der Waals surface area contributed by atoms with Crippen LogP contribution in [0.1, 0.15) is 6.92 Å². The Hall–Kier alpha value is -1.83. The normalized spacial score (nSPS) is 11.5. The molecule has 0 saturated heterocycles. The van der Waals surface area contributed by atoms with Gasteiger partial charge in [-0.2, -0.15) is 0 Å². The summed E-state index contributed by atoms with van der Waals surface area (Å²) in [6, 6.07) is -1.51. The number of nitrogens with zero attached hydrogens (tertiary/aromatic N) is 1. The van der Waals surface area contributed by atoms with E-state index in [4.69, 9.17) is 9.84 Å². The van der Waals surface area contributed by atoms with Crippen LogP contribution < -0.4 is 5.32 Å². The van der Waals surface area contributed by atoms with Crippen LogP contribution in [0.2, 0.25) is 0 Å². The van der Waals surface area contributed by atoms with Gasteiger partial charge in [0.05, 0.1) is 13.7 Å². The Morgan fingerprint density at radius 2 is 1.94 bits per heavy atom. The van der Waals surface area contributed by atoms with Crippen molar-refractivity contribution < 1.29 is 29.0 Å². The van der Waals surface area contributed by atoms with Gasteiger partial charge in [0, 0.05) is 13.7 Å². The van der Waals surface area contributed by atoms with E-state index >= 15 is 0 Å². The molecule has 0 radical (unpaired) electrons. The number of carbonyl (C=O) groups excluding carboxylic acids is 2. The average Bonchev–Trinajstić information content (AvgIpc) is 2.32. The highest BCUT2D eigenvalue weighted by molar-refractivity contribution is 5.85. The number of urea groups is 1. The number of carboxylic acid groups (broad SMARTS) is 1. The first kappa shape index (κ1) is 16.2. The van der Waals surface area contributed by atoms with E-state index in [0.717, 1.165) is 4.90 Å². The number of esters is 1. The molecule has 1 atom stereocenters. The quantitative estimate of drug-likeness (QED) is 0.587.